The molecule has 2 aromatic carbocycles. The second kappa shape index (κ2) is 7.84. The van der Waals surface area contributed by atoms with E-state index >= 15 is 0 Å². The van der Waals surface area contributed by atoms with Crippen LogP contribution in [0, 0.1) is 0 Å². The predicted octanol–water partition coefficient (Wildman–Crippen LogP) is 4.30. The fourth-order valence-electron chi connectivity index (χ4n) is 2.15. The molecular weight excluding hydrogens is 328 g/mol. The van der Waals surface area contributed by atoms with Crippen LogP contribution < -0.4 is 10.2 Å². The summed E-state index contributed by atoms with van der Waals surface area (Å²) in [4.78, 5) is 14.1. The lowest BCUT2D eigenvalue weighted by Gasteiger charge is -2.21. The molecule has 0 fully saturated rings. The predicted molar refractivity (Wildman–Crippen MR) is 91.7 cm³/mol. The molecule has 2 rings (SSSR count). The lowest BCUT2D eigenvalue weighted by Crippen LogP contribution is -2.31. The van der Waals surface area contributed by atoms with Gasteiger partial charge in [0.25, 0.3) is 0 Å². The lowest BCUT2D eigenvalue weighted by molar-refractivity contribution is -0.118. The molecule has 0 saturated carbocycles. The SMILES string of the molecule is CCN(C(=O)CCNc1ccccc1Br)c1ccccc1. The summed E-state index contributed by atoms with van der Waals surface area (Å²) in [5, 5.41) is 3.28. The van der Waals surface area contributed by atoms with Crippen molar-refractivity contribution in [2.24, 2.45) is 0 Å². The molecule has 0 aliphatic carbocycles. The topological polar surface area (TPSA) is 32.3 Å². The van der Waals surface area contributed by atoms with Crippen molar-refractivity contribution in [1.82, 2.24) is 0 Å². The molecule has 0 aliphatic rings. The first-order valence-electron chi connectivity index (χ1n) is 7.06. The van der Waals surface area contributed by atoms with Crippen LogP contribution in [-0.4, -0.2) is 19.0 Å². The molecule has 21 heavy (non-hydrogen) atoms. The zero-order valence-electron chi connectivity index (χ0n) is 12.1. The van der Waals surface area contributed by atoms with E-state index in [0.717, 1.165) is 15.8 Å². The molecule has 0 atom stereocenters. The molecule has 0 aromatic heterocycles. The van der Waals surface area contributed by atoms with Crippen molar-refractivity contribution < 1.29 is 4.79 Å². The van der Waals surface area contributed by atoms with Crippen molar-refractivity contribution in [3.05, 3.63) is 59.1 Å². The Morgan fingerprint density at radius 1 is 1.10 bits per heavy atom. The van der Waals surface area contributed by atoms with Gasteiger partial charge < -0.3 is 10.2 Å². The van der Waals surface area contributed by atoms with Crippen LogP contribution in [-0.2, 0) is 4.79 Å². The lowest BCUT2D eigenvalue weighted by atomic mass is 10.2. The Kier molecular flexibility index (Phi) is 5.81. The van der Waals surface area contributed by atoms with Gasteiger partial charge in [-0.25, -0.2) is 0 Å². The van der Waals surface area contributed by atoms with Crippen LogP contribution in [0.25, 0.3) is 0 Å². The zero-order chi connectivity index (χ0) is 15.1. The Hall–Kier alpha value is -1.81. The first kappa shape index (κ1) is 15.6. The molecule has 0 aliphatic heterocycles. The monoisotopic (exact) mass is 346 g/mol. The van der Waals surface area contributed by atoms with Crippen LogP contribution in [0.2, 0.25) is 0 Å². The smallest absolute Gasteiger partial charge is 0.228 e. The third-order valence-electron chi connectivity index (χ3n) is 3.21. The van der Waals surface area contributed by atoms with E-state index in [9.17, 15) is 4.79 Å². The van der Waals surface area contributed by atoms with E-state index in [1.54, 1.807) is 0 Å². The summed E-state index contributed by atoms with van der Waals surface area (Å²) in [5.41, 5.74) is 1.96. The number of halogens is 1. The summed E-state index contributed by atoms with van der Waals surface area (Å²) in [7, 11) is 0. The summed E-state index contributed by atoms with van der Waals surface area (Å²) in [5.74, 6) is 0.128. The van der Waals surface area contributed by atoms with E-state index < -0.39 is 0 Å². The van der Waals surface area contributed by atoms with Crippen molar-refractivity contribution in [3.8, 4) is 0 Å². The van der Waals surface area contributed by atoms with Gasteiger partial charge in [-0.1, -0.05) is 30.3 Å². The van der Waals surface area contributed by atoms with Gasteiger partial charge in [-0.15, -0.1) is 0 Å². The number of carbonyl (C=O) groups excluding carboxylic acids is 1. The van der Waals surface area contributed by atoms with Crippen LogP contribution >= 0.6 is 15.9 Å². The highest BCUT2D eigenvalue weighted by atomic mass is 79.9. The Morgan fingerprint density at radius 2 is 1.76 bits per heavy atom. The van der Waals surface area contributed by atoms with Crippen LogP contribution in [0.4, 0.5) is 11.4 Å². The van der Waals surface area contributed by atoms with Gasteiger partial charge in [-0.05, 0) is 47.1 Å². The fourth-order valence-corrected chi connectivity index (χ4v) is 2.58. The fraction of sp³-hybridized carbons (Fsp3) is 0.235. The van der Waals surface area contributed by atoms with Crippen molar-refractivity contribution in [1.29, 1.82) is 0 Å². The number of para-hydroxylation sites is 2. The first-order chi connectivity index (χ1) is 10.2. The Morgan fingerprint density at radius 3 is 2.43 bits per heavy atom. The van der Waals surface area contributed by atoms with Gasteiger partial charge in [0.1, 0.15) is 0 Å². The van der Waals surface area contributed by atoms with Crippen LogP contribution in [0.3, 0.4) is 0 Å². The number of nitrogens with zero attached hydrogens (tertiary/aromatic N) is 1. The minimum Gasteiger partial charge on any atom is -0.384 e. The highest BCUT2D eigenvalue weighted by molar-refractivity contribution is 9.10. The van der Waals surface area contributed by atoms with Crippen LogP contribution in [0.1, 0.15) is 13.3 Å². The van der Waals surface area contributed by atoms with E-state index in [0.29, 0.717) is 19.5 Å². The molecular formula is C17H19BrN2O. The van der Waals surface area contributed by atoms with E-state index in [2.05, 4.69) is 21.2 Å². The average molecular weight is 347 g/mol. The molecule has 0 spiro atoms. The van der Waals surface area contributed by atoms with Gasteiger partial charge in [-0.3, -0.25) is 4.79 Å². The van der Waals surface area contributed by atoms with E-state index in [1.807, 2.05) is 66.4 Å². The van der Waals surface area contributed by atoms with E-state index in [-0.39, 0.29) is 5.91 Å². The molecule has 0 heterocycles. The first-order valence-corrected chi connectivity index (χ1v) is 7.85. The van der Waals surface area contributed by atoms with E-state index in [4.69, 9.17) is 0 Å². The third-order valence-corrected chi connectivity index (χ3v) is 3.90. The Balaban J connectivity index is 1.90. The minimum absolute atomic E-state index is 0.128. The summed E-state index contributed by atoms with van der Waals surface area (Å²) in [6.07, 6.45) is 0.462. The molecule has 1 amide bonds. The van der Waals surface area contributed by atoms with Gasteiger partial charge in [0, 0.05) is 35.4 Å². The number of hydrogen-bond acceptors (Lipinski definition) is 2. The molecule has 0 unspecified atom stereocenters. The largest absolute Gasteiger partial charge is 0.384 e. The maximum absolute atomic E-state index is 12.3. The molecule has 1 N–H and O–H groups in total. The van der Waals surface area contributed by atoms with Crippen molar-refractivity contribution in [3.63, 3.8) is 0 Å². The van der Waals surface area contributed by atoms with Crippen molar-refractivity contribution in [2.45, 2.75) is 13.3 Å². The average Bonchev–Trinajstić information content (AvgIpc) is 2.51. The van der Waals surface area contributed by atoms with E-state index in [1.165, 1.54) is 0 Å². The van der Waals surface area contributed by atoms with Crippen LogP contribution in [0.15, 0.2) is 59.1 Å². The van der Waals surface area contributed by atoms with Gasteiger partial charge in [0.05, 0.1) is 0 Å². The summed E-state index contributed by atoms with van der Waals surface area (Å²) >= 11 is 3.48. The molecule has 0 saturated heterocycles. The molecule has 2 aromatic rings. The third kappa shape index (κ3) is 4.33. The van der Waals surface area contributed by atoms with Crippen LogP contribution in [0.5, 0.6) is 0 Å². The standard InChI is InChI=1S/C17H19BrN2O/c1-2-20(14-8-4-3-5-9-14)17(21)12-13-19-16-11-7-6-10-15(16)18/h3-11,19H,2,12-13H2,1H3. The highest BCUT2D eigenvalue weighted by Gasteiger charge is 2.12. The minimum atomic E-state index is 0.128. The van der Waals surface area contributed by atoms with Gasteiger partial charge in [-0.2, -0.15) is 0 Å². The second-order valence-corrected chi connectivity index (χ2v) is 5.48. The maximum Gasteiger partial charge on any atom is 0.228 e. The Bertz CT molecular complexity index is 586. The molecule has 110 valence electrons. The molecule has 4 heteroatoms. The quantitative estimate of drug-likeness (QED) is 0.845. The van der Waals surface area contributed by atoms with Gasteiger partial charge in [0.15, 0.2) is 0 Å². The summed E-state index contributed by atoms with van der Waals surface area (Å²) in [6, 6.07) is 17.7. The number of nitrogens with one attached hydrogen (secondary N) is 1. The van der Waals surface area contributed by atoms with Gasteiger partial charge in [0.2, 0.25) is 5.91 Å². The number of carbonyl (C=O) groups is 1. The number of amides is 1. The zero-order valence-corrected chi connectivity index (χ0v) is 13.6. The second-order valence-electron chi connectivity index (χ2n) is 4.63. The molecule has 0 radical (unpaired) electrons. The normalized spacial score (nSPS) is 10.2. The van der Waals surface area contributed by atoms with Crippen molar-refractivity contribution >= 4 is 33.2 Å². The maximum atomic E-state index is 12.3. The summed E-state index contributed by atoms with van der Waals surface area (Å²) < 4.78 is 1.01. The number of benzene rings is 2. The van der Waals surface area contributed by atoms with Crippen molar-refractivity contribution in [2.75, 3.05) is 23.3 Å². The van der Waals surface area contributed by atoms with Gasteiger partial charge >= 0.3 is 0 Å². The highest BCUT2D eigenvalue weighted by Crippen LogP contribution is 2.21. The summed E-state index contributed by atoms with van der Waals surface area (Å²) in [6.45, 7) is 3.29. The Labute approximate surface area is 134 Å². The molecule has 3 nitrogen and oxygen atoms in total. The number of anilines is 2. The number of hydrogen-bond donors (Lipinski definition) is 1. The molecule has 0 bridgehead atoms. The number of rotatable bonds is 6.